The van der Waals surface area contributed by atoms with Crippen LogP contribution in [0.25, 0.3) is 10.9 Å². The van der Waals surface area contributed by atoms with Crippen LogP contribution in [0, 0.1) is 0 Å². The highest BCUT2D eigenvalue weighted by Gasteiger charge is 2.45. The standard InChI is InChI=1S/C25H31N3O3/c1-17(15-31-20-6-4-5-18(13-20)29-2)28-12-10-25(16-28)24-21(9-11-26-25)22-14-19(30-3)7-8-23(22)27-24/h4-8,13-14,17,26-27H,9-12,15-16H2,1-3H3. The first-order valence-corrected chi connectivity index (χ1v) is 11.1. The fraction of sp³-hybridized carbons (Fsp3) is 0.440. The summed E-state index contributed by atoms with van der Waals surface area (Å²) in [6.07, 6.45) is 2.13. The van der Waals surface area contributed by atoms with Crippen LogP contribution in [0.1, 0.15) is 24.6 Å². The molecule has 3 heterocycles. The molecule has 6 nitrogen and oxygen atoms in total. The second-order valence-electron chi connectivity index (χ2n) is 8.71. The van der Waals surface area contributed by atoms with Gasteiger partial charge in [0, 0.05) is 48.3 Å². The van der Waals surface area contributed by atoms with Crippen molar-refractivity contribution in [2.75, 3.05) is 40.5 Å². The zero-order valence-electron chi connectivity index (χ0n) is 18.5. The molecule has 2 aliphatic heterocycles. The molecule has 0 amide bonds. The van der Waals surface area contributed by atoms with Gasteiger partial charge in [-0.2, -0.15) is 0 Å². The predicted octanol–water partition coefficient (Wildman–Crippen LogP) is 3.70. The number of nitrogens with one attached hydrogen (secondary N) is 2. The first kappa shape index (κ1) is 20.2. The number of hydrogen-bond donors (Lipinski definition) is 2. The van der Waals surface area contributed by atoms with Gasteiger partial charge in [0.2, 0.25) is 0 Å². The van der Waals surface area contributed by atoms with E-state index in [4.69, 9.17) is 14.2 Å². The number of aromatic nitrogens is 1. The Morgan fingerprint density at radius 3 is 2.71 bits per heavy atom. The molecule has 31 heavy (non-hydrogen) atoms. The molecule has 3 aromatic rings. The fourth-order valence-corrected chi connectivity index (χ4v) is 5.11. The summed E-state index contributed by atoms with van der Waals surface area (Å²) in [5, 5.41) is 5.15. The molecule has 0 radical (unpaired) electrons. The van der Waals surface area contributed by atoms with Gasteiger partial charge in [-0.3, -0.25) is 4.90 Å². The van der Waals surface area contributed by atoms with Crippen molar-refractivity contribution in [1.82, 2.24) is 15.2 Å². The average Bonchev–Trinajstić information content (AvgIpc) is 3.40. The number of methoxy groups -OCH3 is 2. The Balaban J connectivity index is 1.33. The van der Waals surface area contributed by atoms with Crippen molar-refractivity contribution in [2.24, 2.45) is 0 Å². The maximum Gasteiger partial charge on any atom is 0.123 e. The van der Waals surface area contributed by atoms with E-state index in [0.29, 0.717) is 12.6 Å². The lowest BCUT2D eigenvalue weighted by molar-refractivity contribution is 0.158. The molecule has 6 heteroatoms. The van der Waals surface area contributed by atoms with Gasteiger partial charge >= 0.3 is 0 Å². The zero-order chi connectivity index (χ0) is 21.4. The largest absolute Gasteiger partial charge is 0.497 e. The highest BCUT2D eigenvalue weighted by molar-refractivity contribution is 5.86. The van der Waals surface area contributed by atoms with Crippen molar-refractivity contribution in [3.63, 3.8) is 0 Å². The smallest absolute Gasteiger partial charge is 0.123 e. The van der Waals surface area contributed by atoms with E-state index in [1.54, 1.807) is 14.2 Å². The molecular weight excluding hydrogens is 390 g/mol. The summed E-state index contributed by atoms with van der Waals surface area (Å²) < 4.78 is 16.8. The Hall–Kier alpha value is -2.70. The Morgan fingerprint density at radius 2 is 1.87 bits per heavy atom. The van der Waals surface area contributed by atoms with Gasteiger partial charge in [0.05, 0.1) is 19.8 Å². The van der Waals surface area contributed by atoms with Gasteiger partial charge in [-0.1, -0.05) is 6.07 Å². The van der Waals surface area contributed by atoms with E-state index in [1.165, 1.54) is 22.2 Å². The van der Waals surface area contributed by atoms with Crippen LogP contribution >= 0.6 is 0 Å². The highest BCUT2D eigenvalue weighted by atomic mass is 16.5. The van der Waals surface area contributed by atoms with Gasteiger partial charge in [0.25, 0.3) is 0 Å². The normalized spacial score (nSPS) is 21.9. The second kappa shape index (κ2) is 8.09. The summed E-state index contributed by atoms with van der Waals surface area (Å²) >= 11 is 0. The third-order valence-electron chi connectivity index (χ3n) is 6.88. The zero-order valence-corrected chi connectivity index (χ0v) is 18.5. The maximum atomic E-state index is 6.08. The first-order chi connectivity index (χ1) is 15.1. The molecule has 2 aromatic carbocycles. The minimum Gasteiger partial charge on any atom is -0.497 e. The van der Waals surface area contributed by atoms with Crippen LogP contribution in [0.2, 0.25) is 0 Å². The van der Waals surface area contributed by atoms with E-state index in [2.05, 4.69) is 34.3 Å². The minimum absolute atomic E-state index is 0.0237. The summed E-state index contributed by atoms with van der Waals surface area (Å²) in [5.74, 6) is 2.58. The molecule has 5 rings (SSSR count). The third kappa shape index (κ3) is 3.64. The quantitative estimate of drug-likeness (QED) is 0.636. The van der Waals surface area contributed by atoms with Crippen molar-refractivity contribution >= 4 is 10.9 Å². The number of rotatable bonds is 6. The number of benzene rings is 2. The number of hydrogen-bond acceptors (Lipinski definition) is 5. The maximum absolute atomic E-state index is 6.08. The van der Waals surface area contributed by atoms with Crippen LogP contribution in [0.4, 0.5) is 0 Å². The van der Waals surface area contributed by atoms with Crippen LogP contribution in [0.15, 0.2) is 42.5 Å². The Labute approximate surface area is 183 Å². The number of H-pyrrole nitrogens is 1. The molecule has 0 bridgehead atoms. The molecule has 2 N–H and O–H groups in total. The predicted molar refractivity (Wildman–Crippen MR) is 122 cm³/mol. The van der Waals surface area contributed by atoms with E-state index < -0.39 is 0 Å². The highest BCUT2D eigenvalue weighted by Crippen LogP contribution is 2.40. The Bertz CT molecular complexity index is 1080. The van der Waals surface area contributed by atoms with Crippen molar-refractivity contribution in [3.05, 3.63) is 53.7 Å². The van der Waals surface area contributed by atoms with Gasteiger partial charge in [-0.05, 0) is 55.7 Å². The SMILES string of the molecule is COc1cccc(OCC(C)N2CCC3(C2)NCCc2c3[nH]c3ccc(OC)cc23)c1. The van der Waals surface area contributed by atoms with Crippen LogP contribution in [0.5, 0.6) is 17.2 Å². The first-order valence-electron chi connectivity index (χ1n) is 11.1. The van der Waals surface area contributed by atoms with E-state index in [9.17, 15) is 0 Å². The van der Waals surface area contributed by atoms with E-state index in [1.807, 2.05) is 30.3 Å². The van der Waals surface area contributed by atoms with Gasteiger partial charge in [-0.15, -0.1) is 0 Å². The lowest BCUT2D eigenvalue weighted by atomic mass is 9.86. The molecule has 2 atom stereocenters. The Morgan fingerprint density at radius 1 is 1.06 bits per heavy atom. The molecule has 2 aliphatic rings. The molecule has 1 saturated heterocycles. The summed E-state index contributed by atoms with van der Waals surface area (Å²) in [6.45, 7) is 5.93. The van der Waals surface area contributed by atoms with Gasteiger partial charge < -0.3 is 24.5 Å². The van der Waals surface area contributed by atoms with Gasteiger partial charge in [0.1, 0.15) is 23.9 Å². The lowest BCUT2D eigenvalue weighted by Crippen LogP contribution is -2.50. The van der Waals surface area contributed by atoms with E-state index in [-0.39, 0.29) is 5.54 Å². The molecule has 1 spiro atoms. The summed E-state index contributed by atoms with van der Waals surface area (Å²) in [7, 11) is 3.41. The minimum atomic E-state index is -0.0237. The lowest BCUT2D eigenvalue weighted by Gasteiger charge is -2.36. The van der Waals surface area contributed by atoms with Crippen molar-refractivity contribution in [1.29, 1.82) is 0 Å². The van der Waals surface area contributed by atoms with Crippen LogP contribution in [-0.4, -0.2) is 56.4 Å². The average molecular weight is 422 g/mol. The number of likely N-dealkylation sites (tertiary alicyclic amines) is 1. The third-order valence-corrected chi connectivity index (χ3v) is 6.88. The second-order valence-corrected chi connectivity index (χ2v) is 8.71. The fourth-order valence-electron chi connectivity index (χ4n) is 5.11. The topological polar surface area (TPSA) is 58.8 Å². The summed E-state index contributed by atoms with van der Waals surface area (Å²) in [6, 6.07) is 14.5. The van der Waals surface area contributed by atoms with Crippen LogP contribution < -0.4 is 19.5 Å². The van der Waals surface area contributed by atoms with Crippen molar-refractivity contribution in [2.45, 2.75) is 31.3 Å². The number of nitrogens with zero attached hydrogens (tertiary/aromatic N) is 1. The Kier molecular flexibility index (Phi) is 5.28. The summed E-state index contributed by atoms with van der Waals surface area (Å²) in [5.41, 5.74) is 3.96. The molecule has 2 unspecified atom stereocenters. The van der Waals surface area contributed by atoms with Crippen LogP contribution in [-0.2, 0) is 12.0 Å². The number of ether oxygens (including phenoxy) is 3. The molecule has 164 valence electrons. The number of fused-ring (bicyclic) bond motifs is 4. The summed E-state index contributed by atoms with van der Waals surface area (Å²) in [4.78, 5) is 6.28. The van der Waals surface area contributed by atoms with Crippen molar-refractivity contribution in [3.8, 4) is 17.2 Å². The molecule has 0 saturated carbocycles. The number of aromatic amines is 1. The molecule has 1 aromatic heterocycles. The van der Waals surface area contributed by atoms with Crippen molar-refractivity contribution < 1.29 is 14.2 Å². The molecular formula is C25H31N3O3. The van der Waals surface area contributed by atoms with E-state index in [0.717, 1.165) is 49.7 Å². The monoisotopic (exact) mass is 421 g/mol. The molecule has 1 fully saturated rings. The van der Waals surface area contributed by atoms with Gasteiger partial charge in [0.15, 0.2) is 0 Å². The van der Waals surface area contributed by atoms with Gasteiger partial charge in [-0.25, -0.2) is 0 Å². The van der Waals surface area contributed by atoms with E-state index >= 15 is 0 Å². The van der Waals surface area contributed by atoms with Crippen LogP contribution in [0.3, 0.4) is 0 Å². The molecule has 0 aliphatic carbocycles.